The first-order valence-corrected chi connectivity index (χ1v) is 12.1. The van der Waals surface area contributed by atoms with Crippen LogP contribution in [0, 0.1) is 0 Å². The van der Waals surface area contributed by atoms with E-state index in [-0.39, 0.29) is 11.9 Å². The monoisotopic (exact) mass is 466 g/mol. The normalized spacial score (nSPS) is 17.7. The Morgan fingerprint density at radius 2 is 1.60 bits per heavy atom. The molecular formula is C28H30N6O. The van der Waals surface area contributed by atoms with Crippen molar-refractivity contribution in [1.82, 2.24) is 20.3 Å². The van der Waals surface area contributed by atoms with Gasteiger partial charge in [0.2, 0.25) is 5.95 Å². The molecule has 0 aliphatic heterocycles. The largest absolute Gasteiger partial charge is 0.363 e. The number of nitrogens with one attached hydrogen (secondary N) is 2. The van der Waals surface area contributed by atoms with Gasteiger partial charge in [0.15, 0.2) is 0 Å². The van der Waals surface area contributed by atoms with Crippen molar-refractivity contribution in [3.05, 3.63) is 78.5 Å². The Hall–Kier alpha value is -4.00. The summed E-state index contributed by atoms with van der Waals surface area (Å²) in [5.41, 5.74) is 3.30. The van der Waals surface area contributed by atoms with E-state index in [0.717, 1.165) is 53.7 Å². The van der Waals surface area contributed by atoms with E-state index < -0.39 is 0 Å². The second-order valence-electron chi connectivity index (χ2n) is 9.24. The molecule has 0 saturated heterocycles. The molecule has 7 nitrogen and oxygen atoms in total. The molecule has 0 atom stereocenters. The first-order valence-electron chi connectivity index (χ1n) is 12.1. The van der Waals surface area contributed by atoms with E-state index in [0.29, 0.717) is 17.6 Å². The van der Waals surface area contributed by atoms with Gasteiger partial charge >= 0.3 is 0 Å². The number of hydrogen-bond acceptors (Lipinski definition) is 6. The van der Waals surface area contributed by atoms with Crippen LogP contribution in [0.3, 0.4) is 0 Å². The van der Waals surface area contributed by atoms with Crippen molar-refractivity contribution in [2.45, 2.75) is 37.8 Å². The highest BCUT2D eigenvalue weighted by atomic mass is 16.1. The number of anilines is 2. The SMILES string of the molecule is CN(C)c1ccnc(N[C@H]2CC[C@@H](NC(=O)c3cc(-c4ccccc4)nc4ccccc34)CC2)n1. The van der Waals surface area contributed by atoms with Crippen LogP contribution in [0.15, 0.2) is 72.9 Å². The van der Waals surface area contributed by atoms with Crippen LogP contribution in [-0.4, -0.2) is 47.0 Å². The van der Waals surface area contributed by atoms with Gasteiger partial charge in [-0.05, 0) is 43.9 Å². The lowest BCUT2D eigenvalue weighted by atomic mass is 9.91. The Balaban J connectivity index is 1.27. The maximum atomic E-state index is 13.4. The van der Waals surface area contributed by atoms with Crippen molar-refractivity contribution >= 4 is 28.6 Å². The fourth-order valence-electron chi connectivity index (χ4n) is 4.62. The van der Waals surface area contributed by atoms with Gasteiger partial charge in [0, 0.05) is 43.3 Å². The average molecular weight is 467 g/mol. The highest BCUT2D eigenvalue weighted by Crippen LogP contribution is 2.26. The molecule has 1 fully saturated rings. The number of hydrogen-bond donors (Lipinski definition) is 2. The van der Waals surface area contributed by atoms with Gasteiger partial charge in [0.05, 0.1) is 16.8 Å². The second kappa shape index (κ2) is 10.1. The lowest BCUT2D eigenvalue weighted by Crippen LogP contribution is -2.40. The summed E-state index contributed by atoms with van der Waals surface area (Å²) in [6.07, 6.45) is 5.50. The minimum absolute atomic E-state index is 0.0424. The molecule has 2 heterocycles. The molecule has 178 valence electrons. The van der Waals surface area contributed by atoms with Crippen molar-refractivity contribution in [2.24, 2.45) is 0 Å². The Kier molecular flexibility index (Phi) is 6.57. The van der Waals surface area contributed by atoms with Crippen molar-refractivity contribution in [3.63, 3.8) is 0 Å². The summed E-state index contributed by atoms with van der Waals surface area (Å²) in [6.45, 7) is 0. The minimum atomic E-state index is -0.0424. The molecule has 35 heavy (non-hydrogen) atoms. The van der Waals surface area contributed by atoms with E-state index in [4.69, 9.17) is 4.98 Å². The average Bonchev–Trinajstić information content (AvgIpc) is 2.90. The molecule has 7 heteroatoms. The molecule has 2 aromatic carbocycles. The molecular weight excluding hydrogens is 436 g/mol. The van der Waals surface area contributed by atoms with Crippen LogP contribution in [-0.2, 0) is 0 Å². The van der Waals surface area contributed by atoms with E-state index >= 15 is 0 Å². The van der Waals surface area contributed by atoms with Gasteiger partial charge in [-0.2, -0.15) is 4.98 Å². The Bertz CT molecular complexity index is 1320. The number of fused-ring (bicyclic) bond motifs is 1. The van der Waals surface area contributed by atoms with Crippen LogP contribution in [0.5, 0.6) is 0 Å². The molecule has 1 amide bonds. The van der Waals surface area contributed by atoms with Crippen LogP contribution in [0.4, 0.5) is 11.8 Å². The van der Waals surface area contributed by atoms with E-state index in [2.05, 4.69) is 20.6 Å². The standard InChI is InChI=1S/C28H30N6O/c1-34(2)26-16-17-29-28(33-26)31-21-14-12-20(13-15-21)30-27(35)23-18-25(19-8-4-3-5-9-19)32-24-11-7-6-10-22(23)24/h3-11,16-18,20-21H,12-15H2,1-2H3,(H,30,35)(H,29,31,33)/t20-,21+. The second-order valence-corrected chi connectivity index (χ2v) is 9.24. The number of amides is 1. The van der Waals surface area contributed by atoms with Crippen LogP contribution in [0.2, 0.25) is 0 Å². The molecule has 1 saturated carbocycles. The lowest BCUT2D eigenvalue weighted by Gasteiger charge is -2.30. The topological polar surface area (TPSA) is 83.0 Å². The molecule has 1 aliphatic rings. The van der Waals surface area contributed by atoms with Crippen molar-refractivity contribution < 1.29 is 4.79 Å². The van der Waals surface area contributed by atoms with E-state index in [9.17, 15) is 4.79 Å². The van der Waals surface area contributed by atoms with Crippen LogP contribution < -0.4 is 15.5 Å². The Labute approximate surface area is 205 Å². The number of aromatic nitrogens is 3. The fourth-order valence-corrected chi connectivity index (χ4v) is 4.62. The Morgan fingerprint density at radius 3 is 2.37 bits per heavy atom. The van der Waals surface area contributed by atoms with Crippen molar-refractivity contribution in [2.75, 3.05) is 24.3 Å². The molecule has 0 unspecified atom stereocenters. The van der Waals surface area contributed by atoms with Crippen LogP contribution in [0.25, 0.3) is 22.2 Å². The number of carbonyl (C=O) groups excluding carboxylic acids is 1. The maximum Gasteiger partial charge on any atom is 0.252 e. The third-order valence-electron chi connectivity index (χ3n) is 6.53. The zero-order chi connectivity index (χ0) is 24.2. The highest BCUT2D eigenvalue weighted by Gasteiger charge is 2.24. The summed E-state index contributed by atoms with van der Waals surface area (Å²) in [7, 11) is 3.93. The number of pyridine rings is 1. The van der Waals surface area contributed by atoms with E-state index in [1.165, 1.54) is 0 Å². The zero-order valence-electron chi connectivity index (χ0n) is 20.1. The molecule has 2 N–H and O–H groups in total. The summed E-state index contributed by atoms with van der Waals surface area (Å²) >= 11 is 0. The summed E-state index contributed by atoms with van der Waals surface area (Å²) < 4.78 is 0. The zero-order valence-corrected chi connectivity index (χ0v) is 20.1. The quantitative estimate of drug-likeness (QED) is 0.420. The fraction of sp³-hybridized carbons (Fsp3) is 0.286. The summed E-state index contributed by atoms with van der Waals surface area (Å²) in [6, 6.07) is 22.1. The predicted molar refractivity (Wildman–Crippen MR) is 141 cm³/mol. The molecule has 5 rings (SSSR count). The van der Waals surface area contributed by atoms with Crippen molar-refractivity contribution in [3.8, 4) is 11.3 Å². The predicted octanol–water partition coefficient (Wildman–Crippen LogP) is 4.91. The first kappa shape index (κ1) is 22.8. The third kappa shape index (κ3) is 5.24. The molecule has 0 radical (unpaired) electrons. The lowest BCUT2D eigenvalue weighted by molar-refractivity contribution is 0.0928. The van der Waals surface area contributed by atoms with Crippen LogP contribution >= 0.6 is 0 Å². The van der Waals surface area contributed by atoms with E-state index in [1.54, 1.807) is 6.20 Å². The van der Waals surface area contributed by atoms with Crippen molar-refractivity contribution in [1.29, 1.82) is 0 Å². The number of benzene rings is 2. The van der Waals surface area contributed by atoms with Gasteiger partial charge in [-0.25, -0.2) is 9.97 Å². The summed E-state index contributed by atoms with van der Waals surface area (Å²) in [5.74, 6) is 1.49. The minimum Gasteiger partial charge on any atom is -0.363 e. The maximum absolute atomic E-state index is 13.4. The van der Waals surface area contributed by atoms with Crippen LogP contribution in [0.1, 0.15) is 36.0 Å². The molecule has 0 spiro atoms. The molecule has 1 aliphatic carbocycles. The first-order chi connectivity index (χ1) is 17.1. The molecule has 2 aromatic heterocycles. The molecule has 0 bridgehead atoms. The van der Waals surface area contributed by atoms with Gasteiger partial charge < -0.3 is 15.5 Å². The number of carbonyl (C=O) groups is 1. The van der Waals surface area contributed by atoms with Gasteiger partial charge in [0.1, 0.15) is 5.82 Å². The van der Waals surface area contributed by atoms with Gasteiger partial charge in [0.25, 0.3) is 5.91 Å². The smallest absolute Gasteiger partial charge is 0.252 e. The number of nitrogens with zero attached hydrogens (tertiary/aromatic N) is 4. The number of para-hydroxylation sites is 1. The van der Waals surface area contributed by atoms with E-state index in [1.807, 2.05) is 85.7 Å². The summed E-state index contributed by atoms with van der Waals surface area (Å²) in [5, 5.41) is 7.62. The Morgan fingerprint density at radius 1 is 0.886 bits per heavy atom. The number of rotatable bonds is 6. The van der Waals surface area contributed by atoms with Gasteiger partial charge in [-0.3, -0.25) is 4.79 Å². The third-order valence-corrected chi connectivity index (χ3v) is 6.53. The van der Waals surface area contributed by atoms with Gasteiger partial charge in [-0.15, -0.1) is 0 Å². The highest BCUT2D eigenvalue weighted by molar-refractivity contribution is 6.07. The van der Waals surface area contributed by atoms with Gasteiger partial charge in [-0.1, -0.05) is 48.5 Å². The summed E-state index contributed by atoms with van der Waals surface area (Å²) in [4.78, 5) is 29.1. The molecule has 4 aromatic rings.